The number of hydrogen-bond acceptors (Lipinski definition) is 6. The Labute approximate surface area is 141 Å². The van der Waals surface area contributed by atoms with Crippen LogP contribution >= 0.6 is 0 Å². The van der Waals surface area contributed by atoms with E-state index in [0.717, 1.165) is 5.56 Å². The SMILES string of the molecule is CCOc1ccc(C(C#N)=NOS(=O)(=O)c2ccc(C)cc2)cc1. The summed E-state index contributed by atoms with van der Waals surface area (Å²) < 4.78 is 34.1. The van der Waals surface area contributed by atoms with Gasteiger partial charge in [-0.1, -0.05) is 22.9 Å². The minimum atomic E-state index is -4.07. The molecule has 24 heavy (non-hydrogen) atoms. The molecule has 0 unspecified atom stereocenters. The van der Waals surface area contributed by atoms with Crippen molar-refractivity contribution in [3.8, 4) is 11.8 Å². The van der Waals surface area contributed by atoms with Crippen LogP contribution in [0.3, 0.4) is 0 Å². The molecule has 0 radical (unpaired) electrons. The lowest BCUT2D eigenvalue weighted by atomic mass is 10.1. The molecule has 0 saturated carbocycles. The van der Waals surface area contributed by atoms with Crippen LogP contribution in [0.1, 0.15) is 18.1 Å². The van der Waals surface area contributed by atoms with Gasteiger partial charge in [-0.2, -0.15) is 13.7 Å². The zero-order valence-corrected chi connectivity index (χ0v) is 14.1. The molecular weight excluding hydrogens is 328 g/mol. The fourth-order valence-electron chi connectivity index (χ4n) is 1.85. The predicted molar refractivity (Wildman–Crippen MR) is 89.2 cm³/mol. The van der Waals surface area contributed by atoms with Gasteiger partial charge in [0.25, 0.3) is 0 Å². The maximum Gasteiger partial charge on any atom is 0.358 e. The van der Waals surface area contributed by atoms with Gasteiger partial charge in [-0.05, 0) is 50.2 Å². The van der Waals surface area contributed by atoms with Crippen molar-refractivity contribution in [3.05, 3.63) is 59.7 Å². The van der Waals surface area contributed by atoms with Gasteiger partial charge in [0.2, 0.25) is 0 Å². The minimum absolute atomic E-state index is 0.0270. The molecule has 0 amide bonds. The fraction of sp³-hybridized carbons (Fsp3) is 0.176. The molecule has 7 heteroatoms. The maximum absolute atomic E-state index is 12.1. The van der Waals surface area contributed by atoms with Crippen molar-refractivity contribution in [2.24, 2.45) is 5.16 Å². The average molecular weight is 344 g/mol. The van der Waals surface area contributed by atoms with E-state index in [9.17, 15) is 8.42 Å². The molecule has 2 aromatic carbocycles. The zero-order chi connectivity index (χ0) is 17.6. The first-order valence-electron chi connectivity index (χ1n) is 7.18. The van der Waals surface area contributed by atoms with Gasteiger partial charge in [-0.3, -0.25) is 4.28 Å². The molecule has 0 aromatic heterocycles. The molecule has 0 bridgehead atoms. The third-order valence-electron chi connectivity index (χ3n) is 3.08. The molecule has 0 heterocycles. The van der Waals surface area contributed by atoms with E-state index in [2.05, 4.69) is 9.44 Å². The number of oxime groups is 1. The third kappa shape index (κ3) is 4.33. The Hall–Kier alpha value is -2.85. The molecule has 0 N–H and O–H groups in total. The van der Waals surface area contributed by atoms with Crippen LogP contribution in [0, 0.1) is 18.3 Å². The van der Waals surface area contributed by atoms with Crippen molar-refractivity contribution >= 4 is 15.8 Å². The Morgan fingerprint density at radius 3 is 2.29 bits per heavy atom. The van der Waals surface area contributed by atoms with Crippen molar-refractivity contribution < 1.29 is 17.4 Å². The summed E-state index contributed by atoms with van der Waals surface area (Å²) in [5, 5.41) is 12.7. The standard InChI is InChI=1S/C17H16N2O4S/c1-3-22-15-8-6-14(7-9-15)17(12-18)19-23-24(20,21)16-10-4-13(2)5-11-16/h4-11H,3H2,1-2H3. The van der Waals surface area contributed by atoms with Crippen molar-refractivity contribution in [1.29, 1.82) is 5.26 Å². The van der Waals surface area contributed by atoms with Crippen LogP contribution in [-0.2, 0) is 14.4 Å². The van der Waals surface area contributed by atoms with Gasteiger partial charge in [-0.25, -0.2) is 0 Å². The lowest BCUT2D eigenvalue weighted by Gasteiger charge is -2.04. The van der Waals surface area contributed by atoms with E-state index in [1.165, 1.54) is 12.1 Å². The van der Waals surface area contributed by atoms with Gasteiger partial charge in [0.15, 0.2) is 5.71 Å². The maximum atomic E-state index is 12.1. The van der Waals surface area contributed by atoms with Crippen LogP contribution in [0.5, 0.6) is 5.75 Å². The average Bonchev–Trinajstić information content (AvgIpc) is 2.57. The number of nitrogens with zero attached hydrogens (tertiary/aromatic N) is 2. The van der Waals surface area contributed by atoms with Crippen LogP contribution in [-0.4, -0.2) is 20.7 Å². The second kappa shape index (κ2) is 7.62. The predicted octanol–water partition coefficient (Wildman–Crippen LogP) is 3.03. The Bertz CT molecular complexity index is 864. The highest BCUT2D eigenvalue weighted by molar-refractivity contribution is 7.86. The summed E-state index contributed by atoms with van der Waals surface area (Å²) in [5.74, 6) is 0.645. The van der Waals surface area contributed by atoms with Crippen molar-refractivity contribution in [3.63, 3.8) is 0 Å². The number of benzene rings is 2. The molecule has 0 saturated heterocycles. The van der Waals surface area contributed by atoms with Gasteiger partial charge in [-0.15, -0.1) is 0 Å². The van der Waals surface area contributed by atoms with Crippen LogP contribution in [0.2, 0.25) is 0 Å². The third-order valence-corrected chi connectivity index (χ3v) is 4.20. The Morgan fingerprint density at radius 1 is 1.12 bits per heavy atom. The van der Waals surface area contributed by atoms with E-state index >= 15 is 0 Å². The molecule has 0 atom stereocenters. The molecule has 6 nitrogen and oxygen atoms in total. The van der Waals surface area contributed by atoms with Crippen LogP contribution in [0.25, 0.3) is 0 Å². The molecule has 0 fully saturated rings. The van der Waals surface area contributed by atoms with Crippen LogP contribution in [0.15, 0.2) is 58.6 Å². The van der Waals surface area contributed by atoms with E-state index in [-0.39, 0.29) is 10.6 Å². The van der Waals surface area contributed by atoms with Crippen molar-refractivity contribution in [2.45, 2.75) is 18.7 Å². The van der Waals surface area contributed by atoms with Gasteiger partial charge in [0, 0.05) is 5.56 Å². The minimum Gasteiger partial charge on any atom is -0.494 e. The number of hydrogen-bond donors (Lipinski definition) is 0. The number of rotatable bonds is 6. The molecule has 124 valence electrons. The van der Waals surface area contributed by atoms with Gasteiger partial charge in [0.05, 0.1) is 6.61 Å². The van der Waals surface area contributed by atoms with Gasteiger partial charge in [0.1, 0.15) is 16.7 Å². The summed E-state index contributed by atoms with van der Waals surface area (Å²) in [4.78, 5) is -0.0270. The molecule has 0 aliphatic rings. The van der Waals surface area contributed by atoms with Crippen LogP contribution < -0.4 is 4.74 Å². The lowest BCUT2D eigenvalue weighted by molar-refractivity contribution is 0.338. The monoisotopic (exact) mass is 344 g/mol. The summed E-state index contributed by atoms with van der Waals surface area (Å²) >= 11 is 0. The van der Waals surface area contributed by atoms with Gasteiger partial charge < -0.3 is 4.74 Å². The van der Waals surface area contributed by atoms with E-state index in [4.69, 9.17) is 10.00 Å². The molecule has 0 aliphatic heterocycles. The van der Waals surface area contributed by atoms with Gasteiger partial charge >= 0.3 is 10.1 Å². The second-order valence-electron chi connectivity index (χ2n) is 4.85. The fourth-order valence-corrected chi connectivity index (χ4v) is 2.58. The highest BCUT2D eigenvalue weighted by Crippen LogP contribution is 2.16. The molecule has 2 rings (SSSR count). The molecule has 0 spiro atoms. The largest absolute Gasteiger partial charge is 0.494 e. The molecule has 0 aliphatic carbocycles. The summed E-state index contributed by atoms with van der Waals surface area (Å²) in [6.45, 7) is 4.23. The normalized spacial score (nSPS) is 11.6. The first-order chi connectivity index (χ1) is 11.5. The van der Waals surface area contributed by atoms with Crippen molar-refractivity contribution in [2.75, 3.05) is 6.61 Å². The topological polar surface area (TPSA) is 88.8 Å². The molecular formula is C17H16N2O4S. The Balaban J connectivity index is 2.21. The zero-order valence-electron chi connectivity index (χ0n) is 13.3. The summed E-state index contributed by atoms with van der Waals surface area (Å²) in [7, 11) is -4.07. The van der Waals surface area contributed by atoms with E-state index < -0.39 is 10.1 Å². The van der Waals surface area contributed by atoms with Crippen molar-refractivity contribution in [1.82, 2.24) is 0 Å². The highest BCUT2D eigenvalue weighted by Gasteiger charge is 2.16. The summed E-state index contributed by atoms with van der Waals surface area (Å²) in [6.07, 6.45) is 0. The lowest BCUT2D eigenvalue weighted by Crippen LogP contribution is -2.06. The Morgan fingerprint density at radius 2 is 1.75 bits per heavy atom. The number of ether oxygens (including phenoxy) is 1. The first kappa shape index (κ1) is 17.5. The Kier molecular flexibility index (Phi) is 5.55. The van der Waals surface area contributed by atoms with E-state index in [1.54, 1.807) is 36.4 Å². The second-order valence-corrected chi connectivity index (χ2v) is 6.38. The first-order valence-corrected chi connectivity index (χ1v) is 8.58. The smallest absolute Gasteiger partial charge is 0.358 e. The highest BCUT2D eigenvalue weighted by atomic mass is 32.2. The van der Waals surface area contributed by atoms with E-state index in [0.29, 0.717) is 17.9 Å². The van der Waals surface area contributed by atoms with E-state index in [1.807, 2.05) is 19.9 Å². The van der Waals surface area contributed by atoms with Crippen LogP contribution in [0.4, 0.5) is 0 Å². The number of aryl methyl sites for hydroxylation is 1. The molecule has 2 aromatic rings. The quantitative estimate of drug-likeness (QED) is 0.593. The number of nitriles is 1. The summed E-state index contributed by atoms with van der Waals surface area (Å²) in [6, 6.07) is 14.5. The summed E-state index contributed by atoms with van der Waals surface area (Å²) in [5.41, 5.74) is 1.21.